The van der Waals surface area contributed by atoms with Crippen LogP contribution in [0.15, 0.2) is 18.2 Å². The minimum atomic E-state index is -0.643. The first kappa shape index (κ1) is 20.1. The Kier molecular flexibility index (Phi) is 6.56. The summed E-state index contributed by atoms with van der Waals surface area (Å²) in [7, 11) is 0. The van der Waals surface area contributed by atoms with Crippen molar-refractivity contribution in [1.29, 1.82) is 0 Å². The van der Waals surface area contributed by atoms with Crippen molar-refractivity contribution in [3.63, 3.8) is 0 Å². The Bertz CT molecular complexity index is 655. The average Bonchev–Trinajstić information content (AvgIpc) is 3.33. The molecule has 0 aromatic heterocycles. The van der Waals surface area contributed by atoms with Gasteiger partial charge in [0.2, 0.25) is 5.91 Å². The molecule has 0 radical (unpaired) electrons. The van der Waals surface area contributed by atoms with Crippen molar-refractivity contribution in [3.8, 4) is 0 Å². The van der Waals surface area contributed by atoms with Crippen molar-refractivity contribution in [2.24, 2.45) is 0 Å². The van der Waals surface area contributed by atoms with E-state index in [1.165, 1.54) is 12.1 Å². The van der Waals surface area contributed by atoms with Crippen LogP contribution in [-0.4, -0.2) is 35.1 Å². The van der Waals surface area contributed by atoms with E-state index in [0.717, 1.165) is 18.9 Å². The Balaban J connectivity index is 1.81. The lowest BCUT2D eigenvalue weighted by atomic mass is 10.1. The maximum Gasteiger partial charge on any atom is 0.407 e. The van der Waals surface area contributed by atoms with Crippen molar-refractivity contribution >= 4 is 12.0 Å². The van der Waals surface area contributed by atoms with E-state index < -0.39 is 23.3 Å². The minimum absolute atomic E-state index is 0.0952. The summed E-state index contributed by atoms with van der Waals surface area (Å²) in [5, 5.41) is 2.61. The summed E-state index contributed by atoms with van der Waals surface area (Å²) in [4.78, 5) is 25.7. The summed E-state index contributed by atoms with van der Waals surface area (Å²) in [6.45, 7) is 5.79. The molecular formula is C19H26F2N2O3. The highest BCUT2D eigenvalue weighted by Crippen LogP contribution is 2.29. The third kappa shape index (κ3) is 6.61. The van der Waals surface area contributed by atoms with Crippen LogP contribution in [0.25, 0.3) is 0 Å². The Morgan fingerprint density at radius 3 is 2.54 bits per heavy atom. The molecule has 1 aromatic carbocycles. The molecule has 0 spiro atoms. The molecule has 1 saturated carbocycles. The minimum Gasteiger partial charge on any atom is -0.444 e. The maximum absolute atomic E-state index is 13.8. The number of ether oxygens (including phenoxy) is 1. The number of nitrogens with zero attached hydrogens (tertiary/aromatic N) is 1. The Morgan fingerprint density at radius 1 is 1.27 bits per heavy atom. The summed E-state index contributed by atoms with van der Waals surface area (Å²) in [6, 6.07) is 3.51. The number of nitrogens with one attached hydrogen (secondary N) is 1. The van der Waals surface area contributed by atoms with Gasteiger partial charge in [-0.3, -0.25) is 4.79 Å². The molecule has 1 aromatic rings. The van der Waals surface area contributed by atoms with Crippen molar-refractivity contribution in [3.05, 3.63) is 35.4 Å². The van der Waals surface area contributed by atoms with Gasteiger partial charge in [-0.15, -0.1) is 0 Å². The highest BCUT2D eigenvalue weighted by Gasteiger charge is 2.32. The smallest absolute Gasteiger partial charge is 0.407 e. The lowest BCUT2D eigenvalue weighted by Crippen LogP contribution is -2.35. The lowest BCUT2D eigenvalue weighted by molar-refractivity contribution is -0.132. The second-order valence-corrected chi connectivity index (χ2v) is 7.52. The molecule has 7 heteroatoms. The number of amides is 2. The molecule has 1 N–H and O–H groups in total. The van der Waals surface area contributed by atoms with E-state index in [0.29, 0.717) is 18.5 Å². The number of hydrogen-bond acceptors (Lipinski definition) is 3. The summed E-state index contributed by atoms with van der Waals surface area (Å²) < 4.78 is 32.0. The molecule has 26 heavy (non-hydrogen) atoms. The molecule has 0 unspecified atom stereocenters. The standard InChI is InChI=1S/C19H26F2N2O3/c1-19(2,3)26-18(25)22-10-4-5-17(24)23(15-8-9-15)12-13-6-7-14(20)11-16(13)21/h6-7,11,15H,4-5,8-10,12H2,1-3H3,(H,22,25). The SMILES string of the molecule is CC(C)(C)OC(=O)NCCCC(=O)N(Cc1ccc(F)cc1F)C1CC1. The molecular weight excluding hydrogens is 342 g/mol. The summed E-state index contributed by atoms with van der Waals surface area (Å²) >= 11 is 0. The third-order valence-corrected chi connectivity index (χ3v) is 3.90. The molecule has 1 aliphatic carbocycles. The van der Waals surface area contributed by atoms with Gasteiger partial charge >= 0.3 is 6.09 Å². The second kappa shape index (κ2) is 8.47. The Hall–Kier alpha value is -2.18. The topological polar surface area (TPSA) is 58.6 Å². The first-order valence-corrected chi connectivity index (χ1v) is 8.86. The van der Waals surface area contributed by atoms with Gasteiger partial charge in [-0.2, -0.15) is 0 Å². The van der Waals surface area contributed by atoms with Gasteiger partial charge in [0.15, 0.2) is 0 Å². The van der Waals surface area contributed by atoms with Crippen LogP contribution in [0.1, 0.15) is 52.0 Å². The predicted molar refractivity (Wildman–Crippen MR) is 93.4 cm³/mol. The number of hydrogen-bond donors (Lipinski definition) is 1. The molecule has 1 fully saturated rings. The van der Waals surface area contributed by atoms with Gasteiger partial charge in [-0.1, -0.05) is 6.07 Å². The van der Waals surface area contributed by atoms with E-state index >= 15 is 0 Å². The summed E-state index contributed by atoms with van der Waals surface area (Å²) in [5.41, 5.74) is -0.263. The predicted octanol–water partition coefficient (Wildman–Crippen LogP) is 3.76. The second-order valence-electron chi connectivity index (χ2n) is 7.52. The fourth-order valence-corrected chi connectivity index (χ4v) is 2.53. The van der Waals surface area contributed by atoms with Crippen LogP contribution in [0.4, 0.5) is 13.6 Å². The number of halogens is 2. The molecule has 1 aliphatic rings. The average molecular weight is 368 g/mol. The number of alkyl carbamates (subject to hydrolysis) is 1. The fourth-order valence-electron chi connectivity index (χ4n) is 2.53. The van der Waals surface area contributed by atoms with E-state index in [2.05, 4.69) is 5.32 Å². The first-order valence-electron chi connectivity index (χ1n) is 8.86. The quantitative estimate of drug-likeness (QED) is 0.746. The van der Waals surface area contributed by atoms with E-state index in [4.69, 9.17) is 4.74 Å². The largest absolute Gasteiger partial charge is 0.444 e. The Morgan fingerprint density at radius 2 is 1.96 bits per heavy atom. The number of carbonyl (C=O) groups excluding carboxylic acids is 2. The zero-order valence-corrected chi connectivity index (χ0v) is 15.5. The van der Waals surface area contributed by atoms with Crippen LogP contribution in [-0.2, 0) is 16.1 Å². The fraction of sp³-hybridized carbons (Fsp3) is 0.579. The lowest BCUT2D eigenvalue weighted by Gasteiger charge is -2.23. The normalized spacial score (nSPS) is 14.0. The van der Waals surface area contributed by atoms with E-state index in [1.54, 1.807) is 25.7 Å². The van der Waals surface area contributed by atoms with Gasteiger partial charge in [0, 0.05) is 37.2 Å². The highest BCUT2D eigenvalue weighted by molar-refractivity contribution is 5.77. The monoisotopic (exact) mass is 368 g/mol. The van der Waals surface area contributed by atoms with Crippen LogP contribution < -0.4 is 5.32 Å². The maximum atomic E-state index is 13.8. The zero-order valence-electron chi connectivity index (χ0n) is 15.5. The van der Waals surface area contributed by atoms with Gasteiger partial charge < -0.3 is 15.0 Å². The van der Waals surface area contributed by atoms with Gasteiger partial charge in [-0.05, 0) is 46.1 Å². The highest BCUT2D eigenvalue weighted by atomic mass is 19.1. The third-order valence-electron chi connectivity index (χ3n) is 3.90. The molecule has 0 bridgehead atoms. The van der Waals surface area contributed by atoms with Crippen molar-refractivity contribution in [1.82, 2.24) is 10.2 Å². The molecule has 5 nitrogen and oxygen atoms in total. The van der Waals surface area contributed by atoms with E-state index in [-0.39, 0.29) is 24.9 Å². The van der Waals surface area contributed by atoms with Gasteiger partial charge in [0.25, 0.3) is 0 Å². The number of carbonyl (C=O) groups is 2. The van der Waals surface area contributed by atoms with Gasteiger partial charge in [-0.25, -0.2) is 13.6 Å². The van der Waals surface area contributed by atoms with E-state index in [9.17, 15) is 18.4 Å². The molecule has 0 heterocycles. The first-order chi connectivity index (χ1) is 12.2. The van der Waals surface area contributed by atoms with Gasteiger partial charge in [0.05, 0.1) is 0 Å². The van der Waals surface area contributed by atoms with Crippen LogP contribution in [0.3, 0.4) is 0 Å². The summed E-state index contributed by atoms with van der Waals surface area (Å²) in [6.07, 6.45) is 1.98. The van der Waals surface area contributed by atoms with E-state index in [1.807, 2.05) is 0 Å². The molecule has 0 atom stereocenters. The molecule has 2 rings (SSSR count). The Labute approximate surface area is 152 Å². The van der Waals surface area contributed by atoms with Gasteiger partial charge in [0.1, 0.15) is 17.2 Å². The van der Waals surface area contributed by atoms with Crippen LogP contribution in [0.5, 0.6) is 0 Å². The molecule has 144 valence electrons. The molecule has 2 amide bonds. The van der Waals surface area contributed by atoms with Crippen LogP contribution >= 0.6 is 0 Å². The van der Waals surface area contributed by atoms with Crippen molar-refractivity contribution in [2.75, 3.05) is 6.54 Å². The summed E-state index contributed by atoms with van der Waals surface area (Å²) in [5.74, 6) is -1.37. The number of benzene rings is 1. The van der Waals surface area contributed by atoms with Crippen molar-refractivity contribution < 1.29 is 23.1 Å². The molecule has 0 saturated heterocycles. The molecule has 0 aliphatic heterocycles. The van der Waals surface area contributed by atoms with Crippen LogP contribution in [0.2, 0.25) is 0 Å². The zero-order chi connectivity index (χ0) is 19.3. The van der Waals surface area contributed by atoms with Crippen LogP contribution in [0, 0.1) is 11.6 Å². The van der Waals surface area contributed by atoms with Crippen molar-refractivity contribution in [2.45, 2.75) is 64.6 Å². The number of rotatable bonds is 7.